The molecule has 0 aliphatic heterocycles. The van der Waals surface area contributed by atoms with Crippen molar-refractivity contribution >= 4 is 55.2 Å². The van der Waals surface area contributed by atoms with Gasteiger partial charge in [0.2, 0.25) is 0 Å². The fourth-order valence-corrected chi connectivity index (χ4v) is 2.37. The number of rotatable bonds is 2. The number of carbonyl (C=O) groups excluding carboxylic acids is 1. The zero-order chi connectivity index (χ0) is 14.0. The Hall–Kier alpha value is -1.05. The lowest BCUT2D eigenvalue weighted by molar-refractivity contribution is 0.102. The molecule has 1 aromatic carbocycles. The minimum atomic E-state index is -0.775. The molecule has 2 aromatic rings. The normalized spacial score (nSPS) is 10.3. The number of hydrogen-bond acceptors (Lipinski definition) is 3. The van der Waals surface area contributed by atoms with Crippen molar-refractivity contribution < 1.29 is 9.18 Å². The Morgan fingerprint density at radius 1 is 1.37 bits per heavy atom. The Labute approximate surface area is 129 Å². The highest BCUT2D eigenvalue weighted by atomic mass is 79.9. The molecule has 0 saturated heterocycles. The van der Waals surface area contributed by atoms with E-state index in [1.165, 1.54) is 24.4 Å². The van der Waals surface area contributed by atoms with E-state index in [1.807, 2.05) is 0 Å². The van der Waals surface area contributed by atoms with Gasteiger partial charge in [-0.1, -0.05) is 17.7 Å². The van der Waals surface area contributed by atoms with E-state index in [2.05, 4.69) is 47.1 Å². The first-order chi connectivity index (χ1) is 8.99. The molecule has 0 radical (unpaired) electrons. The Balaban J connectivity index is 2.28. The number of amides is 1. The van der Waals surface area contributed by atoms with Crippen LogP contribution in [0.5, 0.6) is 0 Å². The first-order valence-electron chi connectivity index (χ1n) is 4.92. The van der Waals surface area contributed by atoms with E-state index < -0.39 is 11.7 Å². The van der Waals surface area contributed by atoms with E-state index in [4.69, 9.17) is 11.6 Å². The maximum absolute atomic E-state index is 13.7. The molecular formula is C11H5Br2ClFN3O. The van der Waals surface area contributed by atoms with Crippen LogP contribution < -0.4 is 5.32 Å². The summed E-state index contributed by atoms with van der Waals surface area (Å²) in [7, 11) is 0. The molecule has 0 aliphatic carbocycles. The molecule has 8 heteroatoms. The molecule has 0 unspecified atom stereocenters. The van der Waals surface area contributed by atoms with Gasteiger partial charge in [0, 0.05) is 0 Å². The Kier molecular flexibility index (Phi) is 4.49. The van der Waals surface area contributed by atoms with E-state index in [1.54, 1.807) is 0 Å². The van der Waals surface area contributed by atoms with Gasteiger partial charge < -0.3 is 5.32 Å². The summed E-state index contributed by atoms with van der Waals surface area (Å²) in [6.45, 7) is 0. The first-order valence-corrected chi connectivity index (χ1v) is 6.89. The minimum absolute atomic E-state index is 0.117. The summed E-state index contributed by atoms with van der Waals surface area (Å²) >= 11 is 11.9. The van der Waals surface area contributed by atoms with Gasteiger partial charge in [0.15, 0.2) is 11.6 Å². The number of anilines is 1. The summed E-state index contributed by atoms with van der Waals surface area (Å²) in [6.07, 6.45) is 1.41. The third-order valence-electron chi connectivity index (χ3n) is 2.13. The fraction of sp³-hybridized carbons (Fsp3) is 0. The predicted octanol–water partition coefficient (Wildman–Crippen LogP) is 4.05. The first kappa shape index (κ1) is 14.4. The van der Waals surface area contributed by atoms with Crippen molar-refractivity contribution in [2.75, 3.05) is 5.32 Å². The number of nitrogens with one attached hydrogen (secondary N) is 1. The molecule has 4 nitrogen and oxygen atoms in total. The molecule has 1 amide bonds. The van der Waals surface area contributed by atoms with E-state index in [-0.39, 0.29) is 16.4 Å². The van der Waals surface area contributed by atoms with Crippen LogP contribution in [0.25, 0.3) is 0 Å². The molecule has 1 aromatic heterocycles. The van der Waals surface area contributed by atoms with Crippen molar-refractivity contribution in [1.29, 1.82) is 0 Å². The van der Waals surface area contributed by atoms with Crippen molar-refractivity contribution in [1.82, 2.24) is 9.97 Å². The van der Waals surface area contributed by atoms with Gasteiger partial charge in [0.1, 0.15) is 9.21 Å². The van der Waals surface area contributed by atoms with Crippen molar-refractivity contribution in [3.05, 3.63) is 50.0 Å². The SMILES string of the molecule is O=C(Nc1ncc(Br)nc1Br)c1cccc(Cl)c1F. The average molecular weight is 409 g/mol. The maximum Gasteiger partial charge on any atom is 0.259 e. The van der Waals surface area contributed by atoms with Gasteiger partial charge in [-0.15, -0.1) is 0 Å². The van der Waals surface area contributed by atoms with Crippen LogP contribution in [-0.4, -0.2) is 15.9 Å². The molecule has 0 fully saturated rings. The second-order valence-corrected chi connectivity index (χ2v) is 5.36. The zero-order valence-electron chi connectivity index (χ0n) is 9.12. The van der Waals surface area contributed by atoms with E-state index >= 15 is 0 Å². The van der Waals surface area contributed by atoms with Crippen molar-refractivity contribution in [3.8, 4) is 0 Å². The fourth-order valence-electron chi connectivity index (χ4n) is 1.28. The number of halogens is 4. The van der Waals surface area contributed by atoms with E-state index in [0.29, 0.717) is 9.21 Å². The van der Waals surface area contributed by atoms with Gasteiger partial charge in [-0.2, -0.15) is 0 Å². The summed E-state index contributed by atoms with van der Waals surface area (Å²) in [5.41, 5.74) is -0.163. The molecule has 2 rings (SSSR count). The number of aromatic nitrogens is 2. The number of hydrogen-bond donors (Lipinski definition) is 1. The molecule has 0 saturated carbocycles. The summed E-state index contributed by atoms with van der Waals surface area (Å²) in [5, 5.41) is 2.33. The Bertz CT molecular complexity index is 654. The summed E-state index contributed by atoms with van der Waals surface area (Å²) in [6, 6.07) is 4.18. The molecule has 19 heavy (non-hydrogen) atoms. The van der Waals surface area contributed by atoms with Gasteiger partial charge in [-0.05, 0) is 44.0 Å². The number of benzene rings is 1. The van der Waals surface area contributed by atoms with Gasteiger partial charge in [-0.25, -0.2) is 14.4 Å². The Morgan fingerprint density at radius 3 is 2.79 bits per heavy atom. The van der Waals surface area contributed by atoms with Gasteiger partial charge >= 0.3 is 0 Å². The topological polar surface area (TPSA) is 54.9 Å². The predicted molar refractivity (Wildman–Crippen MR) is 76.8 cm³/mol. The van der Waals surface area contributed by atoms with Crippen molar-refractivity contribution in [2.24, 2.45) is 0 Å². The molecule has 98 valence electrons. The van der Waals surface area contributed by atoms with Crippen LogP contribution >= 0.6 is 43.5 Å². The maximum atomic E-state index is 13.7. The molecule has 0 spiro atoms. The lowest BCUT2D eigenvalue weighted by Crippen LogP contribution is -2.15. The molecule has 0 atom stereocenters. The third-order valence-corrected chi connectivity index (χ3v) is 3.36. The minimum Gasteiger partial charge on any atom is -0.304 e. The van der Waals surface area contributed by atoms with Gasteiger partial charge in [-0.3, -0.25) is 4.79 Å². The van der Waals surface area contributed by atoms with Gasteiger partial charge in [0.25, 0.3) is 5.91 Å². The lowest BCUT2D eigenvalue weighted by atomic mass is 10.2. The summed E-state index contributed by atoms with van der Waals surface area (Å²) < 4.78 is 14.5. The van der Waals surface area contributed by atoms with E-state index in [9.17, 15) is 9.18 Å². The highest BCUT2D eigenvalue weighted by Crippen LogP contribution is 2.22. The van der Waals surface area contributed by atoms with Crippen LogP contribution in [0.3, 0.4) is 0 Å². The van der Waals surface area contributed by atoms with E-state index in [0.717, 1.165) is 0 Å². The average Bonchev–Trinajstić information content (AvgIpc) is 2.36. The number of carbonyl (C=O) groups is 1. The third kappa shape index (κ3) is 3.29. The molecule has 1 heterocycles. The molecule has 0 aliphatic rings. The standard InChI is InChI=1S/C11H5Br2ClFN3O/c12-7-4-16-10(9(13)17-7)18-11(19)5-2-1-3-6(14)8(5)15/h1-4H,(H,16,18,19). The van der Waals surface area contributed by atoms with Crippen LogP contribution in [-0.2, 0) is 0 Å². The smallest absolute Gasteiger partial charge is 0.259 e. The van der Waals surface area contributed by atoms with Gasteiger partial charge in [0.05, 0.1) is 16.8 Å². The van der Waals surface area contributed by atoms with Crippen molar-refractivity contribution in [2.45, 2.75) is 0 Å². The highest BCUT2D eigenvalue weighted by molar-refractivity contribution is 9.11. The second-order valence-electron chi connectivity index (χ2n) is 3.39. The second kappa shape index (κ2) is 5.94. The summed E-state index contributed by atoms with van der Waals surface area (Å²) in [5.74, 6) is -1.24. The quantitative estimate of drug-likeness (QED) is 0.814. The van der Waals surface area contributed by atoms with Crippen LogP contribution in [0.15, 0.2) is 33.6 Å². The monoisotopic (exact) mass is 407 g/mol. The van der Waals surface area contributed by atoms with Crippen LogP contribution in [0.4, 0.5) is 10.2 Å². The molecule has 0 bridgehead atoms. The largest absolute Gasteiger partial charge is 0.304 e. The number of nitrogens with zero attached hydrogens (tertiary/aromatic N) is 2. The Morgan fingerprint density at radius 2 is 2.11 bits per heavy atom. The highest BCUT2D eigenvalue weighted by Gasteiger charge is 2.16. The lowest BCUT2D eigenvalue weighted by Gasteiger charge is -2.07. The molecule has 1 N–H and O–H groups in total. The summed E-state index contributed by atoms with van der Waals surface area (Å²) in [4.78, 5) is 19.9. The van der Waals surface area contributed by atoms with Crippen LogP contribution in [0.1, 0.15) is 10.4 Å². The zero-order valence-corrected chi connectivity index (χ0v) is 13.1. The van der Waals surface area contributed by atoms with Crippen molar-refractivity contribution in [3.63, 3.8) is 0 Å². The van der Waals surface area contributed by atoms with Crippen LogP contribution in [0, 0.1) is 5.82 Å². The van der Waals surface area contributed by atoms with Crippen LogP contribution in [0.2, 0.25) is 5.02 Å². The molecular weight excluding hydrogens is 404 g/mol.